The van der Waals surface area contributed by atoms with Crippen LogP contribution in [0.25, 0.3) is 5.57 Å². The van der Waals surface area contributed by atoms with Gasteiger partial charge in [0, 0.05) is 13.1 Å². The average molecular weight is 474 g/mol. The van der Waals surface area contributed by atoms with Gasteiger partial charge in [0.25, 0.3) is 0 Å². The van der Waals surface area contributed by atoms with Crippen molar-refractivity contribution >= 4 is 23.4 Å². The molecule has 0 N–H and O–H groups in total. The number of halogens is 4. The van der Waals surface area contributed by atoms with E-state index >= 15 is 0 Å². The van der Waals surface area contributed by atoms with Crippen LogP contribution in [-0.2, 0) is 15.0 Å². The molecular weight excluding hydrogens is 452 g/mol. The van der Waals surface area contributed by atoms with Crippen molar-refractivity contribution in [1.82, 2.24) is 9.80 Å². The van der Waals surface area contributed by atoms with Gasteiger partial charge < -0.3 is 0 Å². The predicted molar refractivity (Wildman–Crippen MR) is 115 cm³/mol. The maximum absolute atomic E-state index is 13.7. The third-order valence-electron chi connectivity index (χ3n) is 6.53. The molecule has 1 aliphatic carbocycles. The molecule has 0 bridgehead atoms. The Morgan fingerprint density at radius 3 is 2.00 bits per heavy atom. The molecule has 0 unspecified atom stereocenters. The highest BCUT2D eigenvalue weighted by Crippen LogP contribution is 2.51. The molecule has 2 fully saturated rings. The first-order chi connectivity index (χ1) is 16.1. The van der Waals surface area contributed by atoms with Crippen molar-refractivity contribution in [2.75, 3.05) is 13.1 Å². The van der Waals surface area contributed by atoms with E-state index < -0.39 is 53.0 Å². The Balaban J connectivity index is 1.41. The fourth-order valence-electron chi connectivity index (χ4n) is 4.21. The molecule has 4 rings (SSSR count). The summed E-state index contributed by atoms with van der Waals surface area (Å²) in [6.45, 7) is 3.77. The molecule has 9 heteroatoms. The molecule has 1 heterocycles. The molecular formula is C25H22F4N2O3. The van der Waals surface area contributed by atoms with Crippen LogP contribution in [-0.4, -0.2) is 40.7 Å². The zero-order valence-electron chi connectivity index (χ0n) is 18.3. The zero-order chi connectivity index (χ0) is 24.6. The minimum atomic E-state index is -1.03. The van der Waals surface area contributed by atoms with E-state index in [1.165, 1.54) is 12.1 Å². The highest BCUT2D eigenvalue weighted by molar-refractivity contribution is 6.14. The van der Waals surface area contributed by atoms with E-state index in [-0.39, 0.29) is 19.5 Å². The number of rotatable bonds is 8. The minimum Gasteiger partial charge on any atom is -0.274 e. The number of nitrogens with zero attached hydrogens (tertiary/aromatic N) is 2. The van der Waals surface area contributed by atoms with Gasteiger partial charge in [-0.2, -0.15) is 0 Å². The molecule has 1 saturated heterocycles. The molecule has 0 aromatic heterocycles. The number of carbonyl (C=O) groups is 3. The first-order valence-electron chi connectivity index (χ1n) is 10.8. The third kappa shape index (κ3) is 4.60. The molecule has 178 valence electrons. The summed E-state index contributed by atoms with van der Waals surface area (Å²) < 4.78 is 53.6. The van der Waals surface area contributed by atoms with Gasteiger partial charge in [0.15, 0.2) is 23.3 Å². The van der Waals surface area contributed by atoms with Gasteiger partial charge in [-0.05, 0) is 72.1 Å². The van der Waals surface area contributed by atoms with Crippen molar-refractivity contribution in [3.8, 4) is 0 Å². The van der Waals surface area contributed by atoms with Gasteiger partial charge in [-0.1, -0.05) is 18.7 Å². The van der Waals surface area contributed by atoms with Crippen molar-refractivity contribution in [2.45, 2.75) is 37.5 Å². The van der Waals surface area contributed by atoms with Gasteiger partial charge in [0.2, 0.25) is 11.8 Å². The number of imide groups is 2. The normalized spacial score (nSPS) is 17.4. The fourth-order valence-corrected chi connectivity index (χ4v) is 4.21. The quantitative estimate of drug-likeness (QED) is 0.402. The second kappa shape index (κ2) is 9.04. The lowest BCUT2D eigenvalue weighted by Crippen LogP contribution is -2.55. The molecule has 1 saturated carbocycles. The summed E-state index contributed by atoms with van der Waals surface area (Å²) in [6, 6.07) is 6.24. The minimum absolute atomic E-state index is 0.0323. The molecule has 34 heavy (non-hydrogen) atoms. The third-order valence-corrected chi connectivity index (χ3v) is 6.53. The van der Waals surface area contributed by atoms with E-state index in [1.807, 2.05) is 0 Å². The summed E-state index contributed by atoms with van der Waals surface area (Å²) in [7, 11) is 0. The second-order valence-electron chi connectivity index (χ2n) is 8.69. The molecule has 2 aromatic carbocycles. The summed E-state index contributed by atoms with van der Waals surface area (Å²) in [4.78, 5) is 39.6. The lowest BCUT2D eigenvalue weighted by Gasteiger charge is -2.33. The van der Waals surface area contributed by atoms with Crippen LogP contribution >= 0.6 is 0 Å². The monoisotopic (exact) mass is 474 g/mol. The van der Waals surface area contributed by atoms with Gasteiger partial charge in [0.1, 0.15) is 6.42 Å². The Morgan fingerprint density at radius 2 is 1.41 bits per heavy atom. The first kappa shape index (κ1) is 23.7. The summed E-state index contributed by atoms with van der Waals surface area (Å²) >= 11 is 0. The van der Waals surface area contributed by atoms with Gasteiger partial charge in [-0.15, -0.1) is 0 Å². The summed E-state index contributed by atoms with van der Waals surface area (Å²) in [5.74, 6) is -5.19. The van der Waals surface area contributed by atoms with Gasteiger partial charge in [-0.25, -0.2) is 22.4 Å². The lowest BCUT2D eigenvalue weighted by molar-refractivity contribution is -0.142. The van der Waals surface area contributed by atoms with Crippen molar-refractivity contribution in [3.05, 3.63) is 77.4 Å². The maximum Gasteiger partial charge on any atom is 0.333 e. The number of hydrogen-bond donors (Lipinski definition) is 0. The second-order valence-corrected chi connectivity index (χ2v) is 8.69. The number of benzene rings is 2. The standard InChI is InChI=1S/C25H22F4N2O3/c1-15(16-2-4-18(26)20(28)12-16)6-10-30-22(32)14-23(33)31(24(30)34)11-9-25(7-8-25)17-3-5-19(27)21(29)13-17/h2-5,12-13H,1,6-11,14H2. The SMILES string of the molecule is C=C(CCN1C(=O)CC(=O)N(CCC2(c3ccc(F)c(F)c3)CC2)C1=O)c1ccc(F)c(F)c1. The largest absolute Gasteiger partial charge is 0.333 e. The average Bonchev–Trinajstić information content (AvgIpc) is 3.58. The summed E-state index contributed by atoms with van der Waals surface area (Å²) in [5, 5.41) is 0. The van der Waals surface area contributed by atoms with Gasteiger partial charge in [0.05, 0.1) is 0 Å². The molecule has 0 atom stereocenters. The van der Waals surface area contributed by atoms with Crippen LogP contribution in [0.4, 0.5) is 22.4 Å². The van der Waals surface area contributed by atoms with E-state index in [2.05, 4.69) is 6.58 Å². The topological polar surface area (TPSA) is 57.7 Å². The maximum atomic E-state index is 13.7. The van der Waals surface area contributed by atoms with E-state index in [9.17, 15) is 31.9 Å². The number of amides is 4. The highest BCUT2D eigenvalue weighted by atomic mass is 19.2. The van der Waals surface area contributed by atoms with Crippen LogP contribution in [0, 0.1) is 23.3 Å². The predicted octanol–water partition coefficient (Wildman–Crippen LogP) is 4.95. The number of hydrogen-bond acceptors (Lipinski definition) is 3. The summed E-state index contributed by atoms with van der Waals surface area (Å²) in [6.07, 6.45) is 1.43. The fraction of sp³-hybridized carbons (Fsp3) is 0.320. The lowest BCUT2D eigenvalue weighted by atomic mass is 9.92. The Hall–Kier alpha value is -3.49. The van der Waals surface area contributed by atoms with Gasteiger partial charge in [-0.3, -0.25) is 19.4 Å². The Morgan fingerprint density at radius 1 is 0.824 bits per heavy atom. The molecule has 5 nitrogen and oxygen atoms in total. The van der Waals surface area contributed by atoms with Crippen LogP contribution in [0.2, 0.25) is 0 Å². The molecule has 2 aliphatic rings. The van der Waals surface area contributed by atoms with Crippen molar-refractivity contribution in [1.29, 1.82) is 0 Å². The molecule has 4 amide bonds. The van der Waals surface area contributed by atoms with E-state index in [4.69, 9.17) is 0 Å². The van der Waals surface area contributed by atoms with Crippen LogP contribution < -0.4 is 0 Å². The Kier molecular flexibility index (Phi) is 6.29. The Labute approximate surface area is 193 Å². The van der Waals surface area contributed by atoms with Crippen molar-refractivity contribution < 1.29 is 31.9 Å². The summed E-state index contributed by atoms with van der Waals surface area (Å²) in [5.41, 5.74) is 0.908. The van der Waals surface area contributed by atoms with Crippen LogP contribution in [0.1, 0.15) is 43.2 Å². The highest BCUT2D eigenvalue weighted by Gasteiger charge is 2.46. The van der Waals surface area contributed by atoms with E-state index in [0.717, 1.165) is 34.1 Å². The smallest absolute Gasteiger partial charge is 0.274 e. The van der Waals surface area contributed by atoms with Crippen molar-refractivity contribution in [3.63, 3.8) is 0 Å². The molecule has 1 aliphatic heterocycles. The number of carbonyl (C=O) groups excluding carboxylic acids is 3. The number of urea groups is 1. The van der Waals surface area contributed by atoms with Crippen LogP contribution in [0.5, 0.6) is 0 Å². The molecule has 0 spiro atoms. The van der Waals surface area contributed by atoms with Crippen LogP contribution in [0.3, 0.4) is 0 Å². The van der Waals surface area contributed by atoms with E-state index in [0.29, 0.717) is 36.0 Å². The van der Waals surface area contributed by atoms with E-state index in [1.54, 1.807) is 0 Å². The Bertz CT molecular complexity index is 1190. The van der Waals surface area contributed by atoms with Crippen molar-refractivity contribution in [2.24, 2.45) is 0 Å². The molecule has 2 aromatic rings. The molecule has 0 radical (unpaired) electrons. The number of barbiturate groups is 1. The van der Waals surface area contributed by atoms with Crippen LogP contribution in [0.15, 0.2) is 43.0 Å². The first-order valence-corrected chi connectivity index (χ1v) is 10.8. The van der Waals surface area contributed by atoms with Gasteiger partial charge >= 0.3 is 6.03 Å². The zero-order valence-corrected chi connectivity index (χ0v) is 18.3.